The number of amides is 2. The summed E-state index contributed by atoms with van der Waals surface area (Å²) in [5.74, 6) is -0.149. The maximum absolute atomic E-state index is 13.0. The molecule has 2 N–H and O–H groups in total. The van der Waals surface area contributed by atoms with Crippen LogP contribution in [-0.4, -0.2) is 77.4 Å². The summed E-state index contributed by atoms with van der Waals surface area (Å²) in [5.41, 5.74) is -0.524. The molecule has 3 aliphatic heterocycles. The van der Waals surface area contributed by atoms with Gasteiger partial charge in [-0.2, -0.15) is 0 Å². The number of benzene rings is 1. The molecule has 3 fully saturated rings. The Morgan fingerprint density at radius 2 is 1.82 bits per heavy atom. The molecule has 1 atom stereocenters. The van der Waals surface area contributed by atoms with E-state index in [1.54, 1.807) is 0 Å². The van der Waals surface area contributed by atoms with Crippen LogP contribution in [0, 0.1) is 0 Å². The average molecular weight is 387 g/mol. The van der Waals surface area contributed by atoms with Crippen LogP contribution in [0.4, 0.5) is 4.79 Å². The van der Waals surface area contributed by atoms with E-state index in [-0.39, 0.29) is 12.0 Å². The third kappa shape index (κ3) is 4.00. The van der Waals surface area contributed by atoms with Crippen molar-refractivity contribution < 1.29 is 19.4 Å². The monoisotopic (exact) mass is 387 g/mol. The first-order valence-electron chi connectivity index (χ1n) is 10.2. The Kier molecular flexibility index (Phi) is 5.29. The molecular formula is C21H29N3O4. The summed E-state index contributed by atoms with van der Waals surface area (Å²) in [5, 5.41) is 13.9. The van der Waals surface area contributed by atoms with Gasteiger partial charge in [0, 0.05) is 45.6 Å². The zero-order valence-electron chi connectivity index (χ0n) is 16.2. The van der Waals surface area contributed by atoms with E-state index in [4.69, 9.17) is 4.74 Å². The standard InChI is InChI=1S/C21H29N3O4/c25-18-21(27,8-4-11-24(18)12-7-17-5-2-1-3-6-17)16-23-13-9-20(10-14-23)15-22-19(26)28-20/h1-3,5-6,27H,4,7-16H2,(H,22,26)/t21-/m1/s1. The number of β-amino-alcohol motifs (C(OH)–C–C–N with tert-alkyl or cyclic N) is 1. The van der Waals surface area contributed by atoms with Crippen LogP contribution in [0.25, 0.3) is 0 Å². The molecule has 1 aromatic carbocycles. The Labute approximate surface area is 165 Å². The molecule has 0 radical (unpaired) electrons. The van der Waals surface area contributed by atoms with Crippen LogP contribution in [0.1, 0.15) is 31.2 Å². The maximum Gasteiger partial charge on any atom is 0.407 e. The van der Waals surface area contributed by atoms with Gasteiger partial charge in [-0.3, -0.25) is 9.69 Å². The number of carbonyl (C=O) groups excluding carboxylic acids is 2. The molecule has 0 unspecified atom stereocenters. The molecule has 3 heterocycles. The van der Waals surface area contributed by atoms with Crippen LogP contribution in [0.3, 0.4) is 0 Å². The fourth-order valence-electron chi connectivity index (χ4n) is 4.60. The molecule has 2 amide bonds. The van der Waals surface area contributed by atoms with E-state index in [1.807, 2.05) is 23.1 Å². The molecule has 7 nitrogen and oxygen atoms in total. The SMILES string of the molecule is O=C1NCC2(CCN(C[C@]3(O)CCCN(CCc4ccccc4)C3=O)CC2)O1. The number of aliphatic hydroxyl groups is 1. The number of alkyl carbamates (subject to hydrolysis) is 1. The highest BCUT2D eigenvalue weighted by Gasteiger charge is 2.47. The minimum absolute atomic E-state index is 0.149. The first-order chi connectivity index (χ1) is 13.5. The van der Waals surface area contributed by atoms with Crippen LogP contribution in [0.2, 0.25) is 0 Å². The van der Waals surface area contributed by atoms with Gasteiger partial charge in [0.2, 0.25) is 0 Å². The van der Waals surface area contributed by atoms with Gasteiger partial charge < -0.3 is 20.1 Å². The molecule has 7 heteroatoms. The Balaban J connectivity index is 1.32. The van der Waals surface area contributed by atoms with Crippen molar-refractivity contribution in [2.75, 3.05) is 39.3 Å². The molecule has 0 aromatic heterocycles. The third-order valence-electron chi connectivity index (χ3n) is 6.33. The lowest BCUT2D eigenvalue weighted by Crippen LogP contribution is -2.60. The summed E-state index contributed by atoms with van der Waals surface area (Å²) in [6, 6.07) is 10.1. The van der Waals surface area contributed by atoms with Crippen molar-refractivity contribution in [2.24, 2.45) is 0 Å². The van der Waals surface area contributed by atoms with Gasteiger partial charge in [0.25, 0.3) is 5.91 Å². The average Bonchev–Trinajstić information content (AvgIpc) is 3.06. The van der Waals surface area contributed by atoms with Crippen molar-refractivity contribution >= 4 is 12.0 Å². The second-order valence-corrected chi connectivity index (χ2v) is 8.37. The predicted molar refractivity (Wildman–Crippen MR) is 104 cm³/mol. The van der Waals surface area contributed by atoms with Crippen molar-refractivity contribution in [3.8, 4) is 0 Å². The molecule has 3 saturated heterocycles. The van der Waals surface area contributed by atoms with Gasteiger partial charge in [-0.15, -0.1) is 0 Å². The first-order valence-corrected chi connectivity index (χ1v) is 10.2. The zero-order valence-corrected chi connectivity index (χ0v) is 16.2. The van der Waals surface area contributed by atoms with Crippen molar-refractivity contribution in [1.82, 2.24) is 15.1 Å². The molecule has 0 aliphatic carbocycles. The summed E-state index contributed by atoms with van der Waals surface area (Å²) < 4.78 is 5.45. The molecule has 152 valence electrons. The topological polar surface area (TPSA) is 82.1 Å². The number of likely N-dealkylation sites (tertiary alicyclic amines) is 2. The second kappa shape index (κ2) is 7.72. The van der Waals surface area contributed by atoms with Crippen LogP contribution < -0.4 is 5.32 Å². The number of piperidine rings is 2. The van der Waals surface area contributed by atoms with E-state index >= 15 is 0 Å². The van der Waals surface area contributed by atoms with E-state index in [0.717, 1.165) is 25.7 Å². The van der Waals surface area contributed by atoms with Crippen LogP contribution in [0.5, 0.6) is 0 Å². The number of carbonyl (C=O) groups is 2. The predicted octanol–water partition coefficient (Wildman–Crippen LogP) is 1.16. The highest BCUT2D eigenvalue weighted by atomic mass is 16.6. The van der Waals surface area contributed by atoms with Gasteiger partial charge in [-0.25, -0.2) is 4.79 Å². The summed E-state index contributed by atoms with van der Waals surface area (Å²) in [7, 11) is 0. The third-order valence-corrected chi connectivity index (χ3v) is 6.33. The van der Waals surface area contributed by atoms with Gasteiger partial charge in [0.15, 0.2) is 5.60 Å². The number of ether oxygens (including phenoxy) is 1. The van der Waals surface area contributed by atoms with Gasteiger partial charge in [0.1, 0.15) is 5.60 Å². The van der Waals surface area contributed by atoms with Crippen molar-refractivity contribution in [2.45, 2.75) is 43.3 Å². The Morgan fingerprint density at radius 1 is 1.07 bits per heavy atom. The van der Waals surface area contributed by atoms with Crippen molar-refractivity contribution in [1.29, 1.82) is 0 Å². The second-order valence-electron chi connectivity index (χ2n) is 8.37. The number of nitrogens with one attached hydrogen (secondary N) is 1. The van der Waals surface area contributed by atoms with Crippen LogP contribution in [0.15, 0.2) is 30.3 Å². The fraction of sp³-hybridized carbons (Fsp3) is 0.619. The lowest BCUT2D eigenvalue weighted by atomic mass is 9.87. The van der Waals surface area contributed by atoms with Crippen molar-refractivity contribution in [3.63, 3.8) is 0 Å². The van der Waals surface area contributed by atoms with Gasteiger partial charge in [-0.1, -0.05) is 30.3 Å². The summed E-state index contributed by atoms with van der Waals surface area (Å²) >= 11 is 0. The maximum atomic E-state index is 13.0. The van der Waals surface area contributed by atoms with E-state index in [9.17, 15) is 14.7 Å². The minimum Gasteiger partial charge on any atom is -0.441 e. The zero-order chi connectivity index (χ0) is 19.6. The molecule has 1 aromatic rings. The van der Waals surface area contributed by atoms with Gasteiger partial charge in [-0.05, 0) is 24.8 Å². The number of nitrogens with zero attached hydrogens (tertiary/aromatic N) is 2. The first kappa shape index (κ1) is 19.2. The smallest absolute Gasteiger partial charge is 0.407 e. The highest BCUT2D eigenvalue weighted by Crippen LogP contribution is 2.31. The molecule has 0 bridgehead atoms. The molecule has 28 heavy (non-hydrogen) atoms. The lowest BCUT2D eigenvalue weighted by Gasteiger charge is -2.43. The van der Waals surface area contributed by atoms with E-state index in [2.05, 4.69) is 22.3 Å². The normalized spacial score (nSPS) is 27.7. The molecule has 1 spiro atoms. The van der Waals surface area contributed by atoms with E-state index in [1.165, 1.54) is 5.56 Å². The van der Waals surface area contributed by atoms with Gasteiger partial charge in [0.05, 0.1) is 6.54 Å². The van der Waals surface area contributed by atoms with E-state index in [0.29, 0.717) is 45.7 Å². The van der Waals surface area contributed by atoms with E-state index < -0.39 is 11.2 Å². The minimum atomic E-state index is -1.32. The van der Waals surface area contributed by atoms with Gasteiger partial charge >= 0.3 is 6.09 Å². The number of hydrogen-bond donors (Lipinski definition) is 2. The Bertz CT molecular complexity index is 718. The molecule has 0 saturated carbocycles. The quantitative estimate of drug-likeness (QED) is 0.792. The molecule has 4 rings (SSSR count). The van der Waals surface area contributed by atoms with Crippen molar-refractivity contribution in [3.05, 3.63) is 35.9 Å². The summed E-state index contributed by atoms with van der Waals surface area (Å²) in [6.07, 6.45) is 3.24. The highest BCUT2D eigenvalue weighted by molar-refractivity contribution is 5.86. The number of rotatable bonds is 5. The van der Waals surface area contributed by atoms with Crippen LogP contribution in [-0.2, 0) is 16.0 Å². The molecule has 3 aliphatic rings. The Morgan fingerprint density at radius 3 is 2.50 bits per heavy atom. The summed E-state index contributed by atoms with van der Waals surface area (Å²) in [6.45, 7) is 3.68. The summed E-state index contributed by atoms with van der Waals surface area (Å²) in [4.78, 5) is 28.3. The Hall–Kier alpha value is -2.12. The lowest BCUT2D eigenvalue weighted by molar-refractivity contribution is -0.160. The molecular weight excluding hydrogens is 358 g/mol. The van der Waals surface area contributed by atoms with Crippen LogP contribution >= 0.6 is 0 Å². The fourth-order valence-corrected chi connectivity index (χ4v) is 4.60. The number of hydrogen-bond acceptors (Lipinski definition) is 5. The largest absolute Gasteiger partial charge is 0.441 e.